The fraction of sp³-hybridized carbons (Fsp3) is 0.412. The number of rotatable bonds is 4. The number of nitrogens with zero attached hydrogens (tertiary/aromatic N) is 2. The number of hydrogen-bond acceptors (Lipinski definition) is 5. The van der Waals surface area contributed by atoms with Crippen LogP contribution in [-0.4, -0.2) is 23.4 Å². The third kappa shape index (κ3) is 3.34. The van der Waals surface area contributed by atoms with E-state index in [4.69, 9.17) is 4.74 Å². The van der Waals surface area contributed by atoms with Crippen LogP contribution in [0, 0.1) is 17.7 Å². The Kier molecular flexibility index (Phi) is 4.69. The molecule has 1 amide bonds. The van der Waals surface area contributed by atoms with E-state index in [0.717, 1.165) is 25.7 Å². The molecule has 2 atom stereocenters. The highest BCUT2D eigenvalue weighted by Crippen LogP contribution is 2.42. The highest BCUT2D eigenvalue weighted by Gasteiger charge is 2.43. The Labute approximate surface area is 138 Å². The molecule has 2 aliphatic rings. The summed E-state index contributed by atoms with van der Waals surface area (Å²) in [5, 5.41) is 17.2. The maximum absolute atomic E-state index is 12.8. The average Bonchev–Trinajstić information content (AvgIpc) is 2.84. The number of Topliss-reactive ketones (excluding diaryl/α,β-unsaturated/α-hetero) is 1. The van der Waals surface area contributed by atoms with Crippen LogP contribution in [0.1, 0.15) is 25.7 Å². The number of amides is 1. The van der Waals surface area contributed by atoms with Gasteiger partial charge in [-0.3, -0.25) is 9.59 Å². The molecule has 6 nitrogen and oxygen atoms in total. The van der Waals surface area contributed by atoms with Crippen LogP contribution in [0.2, 0.25) is 0 Å². The van der Waals surface area contributed by atoms with E-state index in [9.17, 15) is 19.1 Å². The molecule has 1 fully saturated rings. The average molecular weight is 332 g/mol. The molecular weight excluding hydrogens is 315 g/mol. The fourth-order valence-corrected chi connectivity index (χ4v) is 3.16. The number of halogens is 1. The van der Waals surface area contributed by atoms with Crippen molar-refractivity contribution >= 4 is 11.7 Å². The molecule has 0 heterocycles. The van der Waals surface area contributed by atoms with E-state index in [1.807, 2.05) is 0 Å². The zero-order chi connectivity index (χ0) is 17.1. The molecule has 1 aromatic rings. The van der Waals surface area contributed by atoms with Gasteiger partial charge in [0.2, 0.25) is 0 Å². The summed E-state index contributed by atoms with van der Waals surface area (Å²) >= 11 is 0. The first-order valence-corrected chi connectivity index (χ1v) is 7.86. The van der Waals surface area contributed by atoms with Crippen molar-refractivity contribution < 1.29 is 23.8 Å². The van der Waals surface area contributed by atoms with Crippen molar-refractivity contribution in [2.24, 2.45) is 22.1 Å². The highest BCUT2D eigenvalue weighted by molar-refractivity contribution is 6.00. The Morgan fingerprint density at radius 3 is 2.54 bits per heavy atom. The van der Waals surface area contributed by atoms with Crippen molar-refractivity contribution in [3.8, 4) is 5.75 Å². The van der Waals surface area contributed by atoms with E-state index in [1.165, 1.54) is 24.3 Å². The number of carbonyl (C=O) groups is 2. The summed E-state index contributed by atoms with van der Waals surface area (Å²) in [5.74, 6) is -1.50. The van der Waals surface area contributed by atoms with Gasteiger partial charge in [0, 0.05) is 11.8 Å². The molecule has 0 aromatic heterocycles. The van der Waals surface area contributed by atoms with E-state index in [1.54, 1.807) is 0 Å². The van der Waals surface area contributed by atoms with Gasteiger partial charge >= 0.3 is 5.91 Å². The predicted octanol–water partition coefficient (Wildman–Crippen LogP) is 3.34. The molecule has 2 unspecified atom stereocenters. The molecule has 0 spiro atoms. The van der Waals surface area contributed by atoms with Crippen molar-refractivity contribution in [1.82, 2.24) is 0 Å². The largest absolute Gasteiger partial charge is 0.510 e. The summed E-state index contributed by atoms with van der Waals surface area (Å²) in [5.41, 5.74) is -0.109. The molecule has 2 aliphatic carbocycles. The summed E-state index contributed by atoms with van der Waals surface area (Å²) in [6, 6.07) is 5.20. The second kappa shape index (κ2) is 6.90. The van der Waals surface area contributed by atoms with Gasteiger partial charge in [-0.25, -0.2) is 4.39 Å². The number of hydrogen-bond donors (Lipinski definition) is 1. The molecule has 24 heavy (non-hydrogen) atoms. The minimum atomic E-state index is -0.692. The summed E-state index contributed by atoms with van der Waals surface area (Å²) in [4.78, 5) is 23.9. The highest BCUT2D eigenvalue weighted by atomic mass is 19.1. The number of fused-ring (bicyclic) bond motifs is 1. The SMILES string of the molecule is O=C(COc1ccc(F)cc1)N=NC1=C(O)C2CCCCC2C1=O. The van der Waals surface area contributed by atoms with E-state index < -0.39 is 11.7 Å². The Morgan fingerprint density at radius 1 is 1.21 bits per heavy atom. The van der Waals surface area contributed by atoms with Crippen molar-refractivity contribution in [3.05, 3.63) is 41.5 Å². The molecule has 126 valence electrons. The summed E-state index contributed by atoms with van der Waals surface area (Å²) in [7, 11) is 0. The van der Waals surface area contributed by atoms with Gasteiger partial charge in [-0.15, -0.1) is 10.2 Å². The number of azo groups is 1. The van der Waals surface area contributed by atoms with Crippen LogP contribution >= 0.6 is 0 Å². The lowest BCUT2D eigenvalue weighted by atomic mass is 9.80. The summed E-state index contributed by atoms with van der Waals surface area (Å²) in [6.07, 6.45) is 3.40. The van der Waals surface area contributed by atoms with Gasteiger partial charge in [-0.05, 0) is 37.1 Å². The molecule has 1 saturated carbocycles. The topological polar surface area (TPSA) is 88.3 Å². The Hall–Kier alpha value is -2.57. The predicted molar refractivity (Wildman–Crippen MR) is 81.9 cm³/mol. The van der Waals surface area contributed by atoms with Crippen LogP contribution in [0.4, 0.5) is 4.39 Å². The third-order valence-electron chi connectivity index (χ3n) is 4.37. The summed E-state index contributed by atoms with van der Waals surface area (Å²) < 4.78 is 17.9. The molecule has 1 N–H and O–H groups in total. The minimum Gasteiger partial charge on any atom is -0.510 e. The Balaban J connectivity index is 1.60. The minimum absolute atomic E-state index is 0.0549. The molecule has 0 bridgehead atoms. The van der Waals surface area contributed by atoms with Crippen LogP contribution in [0.15, 0.2) is 46.0 Å². The number of aliphatic hydroxyl groups is 1. The lowest BCUT2D eigenvalue weighted by molar-refractivity contribution is -0.120. The standard InChI is InChI=1S/C17H17FN2O4/c18-10-5-7-11(8-6-10)24-9-14(21)19-20-15-16(22)12-3-1-2-4-13(12)17(15)23/h5-8,12-13,22H,1-4,9H2. The van der Waals surface area contributed by atoms with Gasteiger partial charge in [0.15, 0.2) is 18.1 Å². The third-order valence-corrected chi connectivity index (χ3v) is 4.37. The molecule has 0 radical (unpaired) electrons. The van der Waals surface area contributed by atoms with E-state index >= 15 is 0 Å². The van der Waals surface area contributed by atoms with E-state index in [2.05, 4.69) is 10.2 Å². The normalized spacial score (nSPS) is 23.6. The Bertz CT molecular complexity index is 712. The van der Waals surface area contributed by atoms with Crippen molar-refractivity contribution in [1.29, 1.82) is 0 Å². The first-order chi connectivity index (χ1) is 11.6. The van der Waals surface area contributed by atoms with Crippen LogP contribution in [0.25, 0.3) is 0 Å². The quantitative estimate of drug-likeness (QED) is 0.857. The molecular formula is C17H17FN2O4. The zero-order valence-electron chi connectivity index (χ0n) is 12.9. The molecule has 0 saturated heterocycles. The molecule has 3 rings (SSSR count). The zero-order valence-corrected chi connectivity index (χ0v) is 12.9. The van der Waals surface area contributed by atoms with Gasteiger partial charge in [0.1, 0.15) is 17.3 Å². The number of ether oxygens (including phenoxy) is 1. The summed E-state index contributed by atoms with van der Waals surface area (Å²) in [6.45, 7) is -0.385. The van der Waals surface area contributed by atoms with Gasteiger partial charge < -0.3 is 9.84 Å². The lowest BCUT2D eigenvalue weighted by Gasteiger charge is -2.23. The molecule has 1 aromatic carbocycles. The Morgan fingerprint density at radius 2 is 1.88 bits per heavy atom. The van der Waals surface area contributed by atoms with Crippen molar-refractivity contribution in [2.75, 3.05) is 6.61 Å². The van der Waals surface area contributed by atoms with E-state index in [0.29, 0.717) is 5.75 Å². The van der Waals surface area contributed by atoms with Crippen LogP contribution in [-0.2, 0) is 9.59 Å². The monoisotopic (exact) mass is 332 g/mol. The smallest absolute Gasteiger partial charge is 0.302 e. The molecule has 0 aliphatic heterocycles. The van der Waals surface area contributed by atoms with Crippen molar-refractivity contribution in [3.63, 3.8) is 0 Å². The maximum Gasteiger partial charge on any atom is 0.302 e. The van der Waals surface area contributed by atoms with Gasteiger partial charge in [-0.1, -0.05) is 12.8 Å². The van der Waals surface area contributed by atoms with Gasteiger partial charge in [0.25, 0.3) is 0 Å². The second-order valence-electron chi connectivity index (χ2n) is 5.93. The number of aliphatic hydroxyl groups excluding tert-OH is 1. The van der Waals surface area contributed by atoms with Crippen molar-refractivity contribution in [2.45, 2.75) is 25.7 Å². The lowest BCUT2D eigenvalue weighted by Crippen LogP contribution is -2.21. The molecule has 7 heteroatoms. The van der Waals surface area contributed by atoms with Crippen LogP contribution in [0.5, 0.6) is 5.75 Å². The van der Waals surface area contributed by atoms with Crippen LogP contribution in [0.3, 0.4) is 0 Å². The van der Waals surface area contributed by atoms with E-state index in [-0.39, 0.29) is 35.7 Å². The maximum atomic E-state index is 12.8. The number of carbonyl (C=O) groups excluding carboxylic acids is 2. The van der Waals surface area contributed by atoms with Gasteiger partial charge in [-0.2, -0.15) is 0 Å². The second-order valence-corrected chi connectivity index (χ2v) is 5.93. The first kappa shape index (κ1) is 16.3. The van der Waals surface area contributed by atoms with Crippen LogP contribution < -0.4 is 4.74 Å². The number of benzene rings is 1. The first-order valence-electron chi connectivity index (χ1n) is 7.86. The van der Waals surface area contributed by atoms with Gasteiger partial charge in [0.05, 0.1) is 0 Å². The number of allylic oxidation sites excluding steroid dienone is 2. The fourth-order valence-electron chi connectivity index (χ4n) is 3.16. The number of ketones is 1.